The highest BCUT2D eigenvalue weighted by molar-refractivity contribution is 6.35. The van der Waals surface area contributed by atoms with Crippen LogP contribution in [0.25, 0.3) is 0 Å². The third-order valence-corrected chi connectivity index (χ3v) is 6.44. The summed E-state index contributed by atoms with van der Waals surface area (Å²) in [5.74, 6) is -0.547. The monoisotopic (exact) mass is 487 g/mol. The van der Waals surface area contributed by atoms with Crippen molar-refractivity contribution < 1.29 is 14.3 Å². The molecule has 0 spiro atoms. The zero-order chi connectivity index (χ0) is 25.2. The minimum atomic E-state index is -0.650. The molecular weight excluding hydrogens is 454 g/mol. The van der Waals surface area contributed by atoms with Crippen LogP contribution in [0.3, 0.4) is 0 Å². The second-order valence-electron chi connectivity index (χ2n) is 8.84. The van der Waals surface area contributed by atoms with Gasteiger partial charge in [-0.25, -0.2) is 0 Å². The number of pyridine rings is 1. The van der Waals surface area contributed by atoms with Crippen molar-refractivity contribution in [3.8, 4) is 5.75 Å². The number of carbonyl (C=O) groups is 2. The lowest BCUT2D eigenvalue weighted by atomic mass is 10.1. The molecule has 2 aromatic carbocycles. The molecule has 0 bridgehead atoms. The van der Waals surface area contributed by atoms with Crippen LogP contribution in [0.5, 0.6) is 5.75 Å². The van der Waals surface area contributed by atoms with E-state index < -0.39 is 11.8 Å². The van der Waals surface area contributed by atoms with Crippen molar-refractivity contribution >= 4 is 11.8 Å². The number of aromatic nitrogens is 1. The molecule has 36 heavy (non-hydrogen) atoms. The number of methoxy groups -OCH3 is 1. The lowest BCUT2D eigenvalue weighted by molar-refractivity contribution is -0.139. The fourth-order valence-electron chi connectivity index (χ4n) is 4.38. The highest BCUT2D eigenvalue weighted by Crippen LogP contribution is 2.22. The predicted octanol–water partition coefficient (Wildman–Crippen LogP) is 2.38. The number of hydrogen-bond donors (Lipinski definition) is 2. The predicted molar refractivity (Wildman–Crippen MR) is 138 cm³/mol. The largest absolute Gasteiger partial charge is 0.497 e. The van der Waals surface area contributed by atoms with Crippen molar-refractivity contribution in [2.45, 2.75) is 19.1 Å². The standard InChI is InChI=1S/C28H33N5O3/c1-36-25-11-9-22(10-12-25)18-30-27(34)28(35)31-20-26(24-8-5-13-29-19-24)33-16-14-32(15-17-33)21-23-6-3-2-4-7-23/h2-13,19,26H,14-18,20-21H2,1H3,(H,30,34)(H,31,35)/t26-/m1/s1. The van der Waals surface area contributed by atoms with Crippen molar-refractivity contribution in [2.75, 3.05) is 39.8 Å². The third kappa shape index (κ3) is 7.13. The topological polar surface area (TPSA) is 86.8 Å². The Morgan fingerprint density at radius 1 is 0.889 bits per heavy atom. The third-order valence-electron chi connectivity index (χ3n) is 6.44. The zero-order valence-electron chi connectivity index (χ0n) is 20.6. The fraction of sp³-hybridized carbons (Fsp3) is 0.321. The first kappa shape index (κ1) is 25.3. The molecule has 1 atom stereocenters. The number of nitrogens with one attached hydrogen (secondary N) is 2. The van der Waals surface area contributed by atoms with Gasteiger partial charge in [0.05, 0.1) is 13.2 Å². The van der Waals surface area contributed by atoms with Crippen LogP contribution in [0.2, 0.25) is 0 Å². The molecule has 2 N–H and O–H groups in total. The molecule has 0 aliphatic carbocycles. The summed E-state index contributed by atoms with van der Waals surface area (Å²) in [5, 5.41) is 5.51. The molecule has 4 rings (SSSR count). The molecule has 1 aliphatic heterocycles. The molecule has 1 aromatic heterocycles. The number of rotatable bonds is 9. The van der Waals surface area contributed by atoms with Gasteiger partial charge < -0.3 is 15.4 Å². The maximum Gasteiger partial charge on any atom is 0.309 e. The van der Waals surface area contributed by atoms with Gasteiger partial charge in [0, 0.05) is 58.2 Å². The SMILES string of the molecule is COc1ccc(CNC(=O)C(=O)NC[C@H](c2cccnc2)N2CCN(Cc3ccccc3)CC2)cc1. The second-order valence-corrected chi connectivity index (χ2v) is 8.84. The van der Waals surface area contributed by atoms with Gasteiger partial charge in [-0.15, -0.1) is 0 Å². The van der Waals surface area contributed by atoms with E-state index in [4.69, 9.17) is 4.74 Å². The number of nitrogens with zero attached hydrogens (tertiary/aromatic N) is 3. The van der Waals surface area contributed by atoms with E-state index in [2.05, 4.69) is 49.7 Å². The Bertz CT molecular complexity index is 1100. The summed E-state index contributed by atoms with van der Waals surface area (Å²) in [6.07, 6.45) is 3.57. The van der Waals surface area contributed by atoms with Gasteiger partial charge in [0.1, 0.15) is 5.75 Å². The summed E-state index contributed by atoms with van der Waals surface area (Å²) < 4.78 is 5.14. The Morgan fingerprint density at radius 2 is 1.61 bits per heavy atom. The van der Waals surface area contributed by atoms with Crippen LogP contribution in [-0.4, -0.2) is 66.4 Å². The molecule has 1 aliphatic rings. The molecule has 0 radical (unpaired) electrons. The normalized spacial score (nSPS) is 15.1. The Hall–Kier alpha value is -3.75. The molecule has 8 nitrogen and oxygen atoms in total. The van der Waals surface area contributed by atoms with Gasteiger partial charge in [0.15, 0.2) is 0 Å². The Kier molecular flexibility index (Phi) is 9.02. The first-order chi connectivity index (χ1) is 17.6. The van der Waals surface area contributed by atoms with Gasteiger partial charge in [-0.2, -0.15) is 0 Å². The van der Waals surface area contributed by atoms with Crippen molar-refractivity contribution in [3.63, 3.8) is 0 Å². The summed E-state index contributed by atoms with van der Waals surface area (Å²) in [6.45, 7) is 5.13. The van der Waals surface area contributed by atoms with Crippen molar-refractivity contribution in [1.29, 1.82) is 0 Å². The molecule has 1 saturated heterocycles. The highest BCUT2D eigenvalue weighted by atomic mass is 16.5. The van der Waals surface area contributed by atoms with Crippen molar-refractivity contribution in [3.05, 3.63) is 95.8 Å². The molecule has 2 heterocycles. The summed E-state index contributed by atoms with van der Waals surface area (Å²) >= 11 is 0. The minimum absolute atomic E-state index is 0.0593. The van der Waals surface area contributed by atoms with E-state index in [1.54, 1.807) is 13.3 Å². The number of benzene rings is 2. The van der Waals surface area contributed by atoms with E-state index in [0.717, 1.165) is 49.6 Å². The first-order valence-corrected chi connectivity index (χ1v) is 12.2. The Labute approximate surface area is 212 Å². The summed E-state index contributed by atoms with van der Waals surface area (Å²) in [4.78, 5) is 34.0. The van der Waals surface area contributed by atoms with E-state index in [1.165, 1.54) is 5.56 Å². The maximum atomic E-state index is 12.6. The lowest BCUT2D eigenvalue weighted by Gasteiger charge is -2.39. The van der Waals surface area contributed by atoms with Gasteiger partial charge >= 0.3 is 11.8 Å². The Morgan fingerprint density at radius 3 is 2.28 bits per heavy atom. The minimum Gasteiger partial charge on any atom is -0.497 e. The summed E-state index contributed by atoms with van der Waals surface area (Å²) in [7, 11) is 1.60. The molecule has 8 heteroatoms. The fourth-order valence-corrected chi connectivity index (χ4v) is 4.38. The smallest absolute Gasteiger partial charge is 0.309 e. The summed E-state index contributed by atoms with van der Waals surface area (Å²) in [6, 6.07) is 21.7. The van der Waals surface area contributed by atoms with Gasteiger partial charge in [-0.05, 0) is 34.9 Å². The average Bonchev–Trinajstić information content (AvgIpc) is 2.94. The molecular formula is C28H33N5O3. The van der Waals surface area contributed by atoms with Gasteiger partial charge in [0.2, 0.25) is 0 Å². The van der Waals surface area contributed by atoms with Gasteiger partial charge in [-0.3, -0.25) is 24.4 Å². The van der Waals surface area contributed by atoms with Crippen LogP contribution in [0.15, 0.2) is 79.1 Å². The first-order valence-electron chi connectivity index (χ1n) is 12.2. The molecule has 2 amide bonds. The molecule has 0 unspecified atom stereocenters. The molecule has 1 fully saturated rings. The van der Waals surface area contributed by atoms with Gasteiger partial charge in [-0.1, -0.05) is 48.5 Å². The summed E-state index contributed by atoms with van der Waals surface area (Å²) in [5.41, 5.74) is 3.22. The van der Waals surface area contributed by atoms with Crippen LogP contribution in [0, 0.1) is 0 Å². The molecule has 0 saturated carbocycles. The van der Waals surface area contributed by atoms with E-state index in [-0.39, 0.29) is 12.6 Å². The number of hydrogen-bond acceptors (Lipinski definition) is 6. The number of ether oxygens (including phenoxy) is 1. The zero-order valence-corrected chi connectivity index (χ0v) is 20.6. The lowest BCUT2D eigenvalue weighted by Crippen LogP contribution is -2.50. The maximum absolute atomic E-state index is 12.6. The molecule has 188 valence electrons. The second kappa shape index (κ2) is 12.8. The van der Waals surface area contributed by atoms with Crippen LogP contribution in [0.1, 0.15) is 22.7 Å². The van der Waals surface area contributed by atoms with Crippen LogP contribution in [0.4, 0.5) is 0 Å². The van der Waals surface area contributed by atoms with Crippen molar-refractivity contribution in [1.82, 2.24) is 25.4 Å². The van der Waals surface area contributed by atoms with E-state index >= 15 is 0 Å². The highest BCUT2D eigenvalue weighted by Gasteiger charge is 2.26. The van der Waals surface area contributed by atoms with E-state index in [1.807, 2.05) is 48.7 Å². The molecule has 3 aromatic rings. The Balaban J connectivity index is 1.30. The van der Waals surface area contributed by atoms with Crippen molar-refractivity contribution in [2.24, 2.45) is 0 Å². The van der Waals surface area contributed by atoms with Gasteiger partial charge in [0.25, 0.3) is 0 Å². The number of amides is 2. The average molecular weight is 488 g/mol. The van der Waals surface area contributed by atoms with E-state index in [9.17, 15) is 9.59 Å². The van der Waals surface area contributed by atoms with Crippen LogP contribution < -0.4 is 15.4 Å². The van der Waals surface area contributed by atoms with E-state index in [0.29, 0.717) is 6.54 Å². The van der Waals surface area contributed by atoms with Crippen LogP contribution in [-0.2, 0) is 22.7 Å². The van der Waals surface area contributed by atoms with Crippen LogP contribution >= 0.6 is 0 Å². The number of carbonyl (C=O) groups excluding carboxylic acids is 2. The number of piperazine rings is 1. The quantitative estimate of drug-likeness (QED) is 0.451.